The van der Waals surface area contributed by atoms with Crippen molar-refractivity contribution in [1.82, 2.24) is 4.57 Å². The highest BCUT2D eigenvalue weighted by Crippen LogP contribution is 2.31. The predicted octanol–water partition coefficient (Wildman–Crippen LogP) is 7.77. The normalized spacial score (nSPS) is 11.5. The summed E-state index contributed by atoms with van der Waals surface area (Å²) in [4.78, 5) is 0. The fourth-order valence-electron chi connectivity index (χ4n) is 2.96. The minimum Gasteiger partial charge on any atom is -0.316 e. The molecule has 6 heteroatoms. The van der Waals surface area contributed by atoms with Crippen LogP contribution in [0.4, 0.5) is 0 Å². The van der Waals surface area contributed by atoms with Gasteiger partial charge in [-0.05, 0) is 67.4 Å². The van der Waals surface area contributed by atoms with Crippen molar-refractivity contribution in [3.63, 3.8) is 0 Å². The first-order valence-electron chi connectivity index (χ1n) is 8.03. The maximum atomic E-state index is 9.63. The van der Waals surface area contributed by atoms with Crippen LogP contribution < -0.4 is 0 Å². The van der Waals surface area contributed by atoms with E-state index in [1.165, 1.54) is 0 Å². The molecular formula is C21H14Cl4N2. The molecule has 0 atom stereocenters. The summed E-state index contributed by atoms with van der Waals surface area (Å²) in [5.74, 6) is 0. The maximum Gasteiger partial charge on any atom is 0.0998 e. The van der Waals surface area contributed by atoms with Crippen molar-refractivity contribution in [3.8, 4) is 11.8 Å². The molecule has 0 aliphatic carbocycles. The first-order chi connectivity index (χ1) is 12.8. The van der Waals surface area contributed by atoms with Crippen LogP contribution in [-0.2, 0) is 0 Å². The number of nitriles is 1. The molecule has 27 heavy (non-hydrogen) atoms. The third-order valence-electron chi connectivity index (χ3n) is 4.27. The van der Waals surface area contributed by atoms with Gasteiger partial charge < -0.3 is 4.57 Å². The highest BCUT2D eigenvalue weighted by atomic mass is 35.5. The van der Waals surface area contributed by atoms with Crippen LogP contribution >= 0.6 is 46.4 Å². The molecule has 2 aromatic carbocycles. The first-order valence-corrected chi connectivity index (χ1v) is 9.54. The van der Waals surface area contributed by atoms with E-state index in [4.69, 9.17) is 46.4 Å². The lowest BCUT2D eigenvalue weighted by Crippen LogP contribution is -2.00. The zero-order chi connectivity index (χ0) is 19.7. The Morgan fingerprint density at radius 1 is 0.926 bits per heavy atom. The van der Waals surface area contributed by atoms with E-state index in [9.17, 15) is 5.26 Å². The summed E-state index contributed by atoms with van der Waals surface area (Å²) in [7, 11) is 0. The van der Waals surface area contributed by atoms with Gasteiger partial charge in [-0.2, -0.15) is 5.26 Å². The van der Waals surface area contributed by atoms with Crippen molar-refractivity contribution >= 4 is 58.1 Å². The Kier molecular flexibility index (Phi) is 5.89. The van der Waals surface area contributed by atoms with Crippen LogP contribution in [0.1, 0.15) is 22.5 Å². The Hall–Kier alpha value is -1.89. The molecular weight excluding hydrogens is 422 g/mol. The highest BCUT2D eigenvalue weighted by molar-refractivity contribution is 6.42. The molecule has 0 aliphatic heterocycles. The molecule has 0 spiro atoms. The number of aromatic nitrogens is 1. The Morgan fingerprint density at radius 3 is 2.30 bits per heavy atom. The molecule has 2 nitrogen and oxygen atoms in total. The van der Waals surface area contributed by atoms with Crippen LogP contribution in [0.2, 0.25) is 20.1 Å². The molecule has 136 valence electrons. The van der Waals surface area contributed by atoms with Gasteiger partial charge in [-0.1, -0.05) is 52.5 Å². The quantitative estimate of drug-likeness (QED) is 0.386. The van der Waals surface area contributed by atoms with Crippen molar-refractivity contribution in [2.75, 3.05) is 0 Å². The monoisotopic (exact) mass is 434 g/mol. The average Bonchev–Trinajstić information content (AvgIpc) is 2.91. The molecule has 1 heterocycles. The molecule has 0 fully saturated rings. The molecule has 0 saturated carbocycles. The van der Waals surface area contributed by atoms with E-state index in [0.717, 1.165) is 22.6 Å². The van der Waals surface area contributed by atoms with Crippen LogP contribution in [0, 0.1) is 25.2 Å². The van der Waals surface area contributed by atoms with Crippen molar-refractivity contribution in [2.45, 2.75) is 13.8 Å². The zero-order valence-corrected chi connectivity index (χ0v) is 17.5. The Morgan fingerprint density at radius 2 is 1.63 bits per heavy atom. The molecule has 3 rings (SSSR count). The SMILES string of the molecule is Cc1cc(/C=C(/C#N)c2ccc(Cl)c(Cl)c2)c(C)n1-c1cc(Cl)ccc1Cl. The summed E-state index contributed by atoms with van der Waals surface area (Å²) in [6.07, 6.45) is 1.83. The molecule has 1 aromatic heterocycles. The number of benzene rings is 2. The van der Waals surface area contributed by atoms with Crippen LogP contribution in [-0.4, -0.2) is 4.57 Å². The van der Waals surface area contributed by atoms with E-state index >= 15 is 0 Å². The second kappa shape index (κ2) is 8.00. The summed E-state index contributed by atoms with van der Waals surface area (Å²) < 4.78 is 2.02. The second-order valence-corrected chi connectivity index (χ2v) is 7.71. The third kappa shape index (κ3) is 4.03. The fourth-order valence-corrected chi connectivity index (χ4v) is 3.63. The summed E-state index contributed by atoms with van der Waals surface area (Å²) >= 11 is 24.6. The molecule has 0 aliphatic rings. The average molecular weight is 436 g/mol. The lowest BCUT2D eigenvalue weighted by Gasteiger charge is -2.12. The summed E-state index contributed by atoms with van der Waals surface area (Å²) in [6, 6.07) is 14.7. The lowest BCUT2D eigenvalue weighted by atomic mass is 10.0. The molecule has 0 amide bonds. The zero-order valence-electron chi connectivity index (χ0n) is 14.5. The standard InChI is InChI=1S/C21H14Cl4N2/c1-12-7-15(8-16(11-26)14-3-5-18(23)20(25)9-14)13(2)27(12)21-10-17(22)4-6-19(21)24/h3-10H,1-2H3/b16-8-. The van der Waals surface area contributed by atoms with Gasteiger partial charge in [-0.15, -0.1) is 0 Å². The van der Waals surface area contributed by atoms with E-state index in [-0.39, 0.29) is 0 Å². The third-order valence-corrected chi connectivity index (χ3v) is 5.56. The molecule has 0 bridgehead atoms. The van der Waals surface area contributed by atoms with Gasteiger partial charge in [0.2, 0.25) is 0 Å². The van der Waals surface area contributed by atoms with Crippen molar-refractivity contribution in [2.24, 2.45) is 0 Å². The maximum absolute atomic E-state index is 9.63. The fraction of sp³-hybridized carbons (Fsp3) is 0.0952. The van der Waals surface area contributed by atoms with Crippen molar-refractivity contribution in [1.29, 1.82) is 5.26 Å². The minimum absolute atomic E-state index is 0.409. The van der Waals surface area contributed by atoms with Crippen LogP contribution in [0.5, 0.6) is 0 Å². The number of rotatable bonds is 3. The van der Waals surface area contributed by atoms with Crippen LogP contribution in [0.3, 0.4) is 0 Å². The van der Waals surface area contributed by atoms with Gasteiger partial charge in [0, 0.05) is 16.4 Å². The largest absolute Gasteiger partial charge is 0.316 e. The topological polar surface area (TPSA) is 28.7 Å². The van der Waals surface area contributed by atoms with Crippen molar-refractivity contribution < 1.29 is 0 Å². The van der Waals surface area contributed by atoms with Gasteiger partial charge in [0.05, 0.1) is 32.4 Å². The highest BCUT2D eigenvalue weighted by Gasteiger charge is 2.14. The van der Waals surface area contributed by atoms with Crippen LogP contribution in [0.25, 0.3) is 17.3 Å². The van der Waals surface area contributed by atoms with E-state index < -0.39 is 0 Å². The van der Waals surface area contributed by atoms with E-state index in [1.807, 2.05) is 36.6 Å². The van der Waals surface area contributed by atoms with Gasteiger partial charge in [-0.3, -0.25) is 0 Å². The molecule has 0 saturated heterocycles. The summed E-state index contributed by atoms with van der Waals surface area (Å²) in [5.41, 5.74) is 4.83. The van der Waals surface area contributed by atoms with E-state index in [2.05, 4.69) is 6.07 Å². The smallest absolute Gasteiger partial charge is 0.0998 e. The Balaban J connectivity index is 2.13. The minimum atomic E-state index is 0.409. The summed E-state index contributed by atoms with van der Waals surface area (Å²) in [5, 5.41) is 11.7. The number of hydrogen-bond acceptors (Lipinski definition) is 1. The number of hydrogen-bond donors (Lipinski definition) is 0. The molecule has 0 unspecified atom stereocenters. The van der Waals surface area contributed by atoms with Gasteiger partial charge in [0.1, 0.15) is 0 Å². The Bertz CT molecular complexity index is 1100. The van der Waals surface area contributed by atoms with Crippen LogP contribution in [0.15, 0.2) is 42.5 Å². The van der Waals surface area contributed by atoms with Gasteiger partial charge >= 0.3 is 0 Å². The molecule has 3 aromatic rings. The predicted molar refractivity (Wildman–Crippen MR) is 115 cm³/mol. The Labute approximate surface area is 178 Å². The van der Waals surface area contributed by atoms with Gasteiger partial charge in [0.25, 0.3) is 0 Å². The second-order valence-electron chi connectivity index (χ2n) is 6.06. The lowest BCUT2D eigenvalue weighted by molar-refractivity contribution is 0.965. The number of allylic oxidation sites excluding steroid dienone is 1. The van der Waals surface area contributed by atoms with Gasteiger partial charge in [-0.25, -0.2) is 0 Å². The van der Waals surface area contributed by atoms with Gasteiger partial charge in [0.15, 0.2) is 0 Å². The van der Waals surface area contributed by atoms with E-state index in [0.29, 0.717) is 31.2 Å². The van der Waals surface area contributed by atoms with Crippen molar-refractivity contribution in [3.05, 3.63) is 85.1 Å². The summed E-state index contributed by atoms with van der Waals surface area (Å²) in [6.45, 7) is 3.95. The number of aryl methyl sites for hydroxylation is 1. The number of nitrogens with zero attached hydrogens (tertiary/aromatic N) is 2. The molecule has 0 radical (unpaired) electrons. The number of halogens is 4. The molecule has 0 N–H and O–H groups in total. The van der Waals surface area contributed by atoms with E-state index in [1.54, 1.807) is 30.3 Å². The first kappa shape index (κ1) is 19.9.